The van der Waals surface area contributed by atoms with Crippen LogP contribution in [0.4, 0.5) is 4.79 Å². The Morgan fingerprint density at radius 3 is 2.66 bits per heavy atom. The third-order valence-corrected chi connectivity index (χ3v) is 5.00. The first-order valence-corrected chi connectivity index (χ1v) is 10.5. The van der Waals surface area contributed by atoms with Crippen molar-refractivity contribution in [2.45, 2.75) is 72.0 Å². The van der Waals surface area contributed by atoms with Crippen molar-refractivity contribution >= 4 is 17.9 Å². The fourth-order valence-corrected chi connectivity index (χ4v) is 3.68. The van der Waals surface area contributed by atoms with Gasteiger partial charge in [-0.15, -0.1) is 0 Å². The number of nitrogens with one attached hydrogen (secondary N) is 2. The highest BCUT2D eigenvalue weighted by molar-refractivity contribution is 6.06. The molecule has 7 nitrogen and oxygen atoms in total. The number of hydrogen-bond acceptors (Lipinski definition) is 4. The van der Waals surface area contributed by atoms with E-state index in [4.69, 9.17) is 5.73 Å². The number of nitrogens with zero attached hydrogens (tertiary/aromatic N) is 2. The summed E-state index contributed by atoms with van der Waals surface area (Å²) in [6.07, 6.45) is 3.89. The Kier molecular flexibility index (Phi) is 8.05. The van der Waals surface area contributed by atoms with Crippen molar-refractivity contribution in [3.8, 4) is 0 Å². The molecule has 0 saturated carbocycles. The van der Waals surface area contributed by atoms with Crippen molar-refractivity contribution in [1.29, 1.82) is 0 Å². The summed E-state index contributed by atoms with van der Waals surface area (Å²) in [4.78, 5) is 30.8. The molecule has 4 N–H and O–H groups in total. The van der Waals surface area contributed by atoms with Crippen molar-refractivity contribution in [2.24, 2.45) is 16.6 Å². The van der Waals surface area contributed by atoms with Gasteiger partial charge >= 0.3 is 6.03 Å². The van der Waals surface area contributed by atoms with Gasteiger partial charge in [-0.3, -0.25) is 9.69 Å². The molecule has 160 valence electrons. The van der Waals surface area contributed by atoms with E-state index in [9.17, 15) is 9.59 Å². The minimum atomic E-state index is -0.784. The van der Waals surface area contributed by atoms with Crippen LogP contribution in [-0.2, 0) is 17.9 Å². The minimum Gasteiger partial charge on any atom is -0.369 e. The summed E-state index contributed by atoms with van der Waals surface area (Å²) >= 11 is 0. The van der Waals surface area contributed by atoms with E-state index in [0.29, 0.717) is 32.0 Å². The largest absolute Gasteiger partial charge is 0.369 e. The quantitative estimate of drug-likeness (QED) is 0.525. The first-order chi connectivity index (χ1) is 13.7. The van der Waals surface area contributed by atoms with Crippen molar-refractivity contribution in [2.75, 3.05) is 6.54 Å². The van der Waals surface area contributed by atoms with Crippen LogP contribution in [-0.4, -0.2) is 34.9 Å². The third kappa shape index (κ3) is 6.48. The first kappa shape index (κ1) is 22.7. The third-order valence-electron chi connectivity index (χ3n) is 5.00. The lowest BCUT2D eigenvalue weighted by Gasteiger charge is -2.23. The summed E-state index contributed by atoms with van der Waals surface area (Å²) in [5.74, 6) is 0.565. The fraction of sp³-hybridized carbons (Fsp3) is 0.591. The van der Waals surface area contributed by atoms with E-state index in [2.05, 4.69) is 36.4 Å². The van der Waals surface area contributed by atoms with Gasteiger partial charge < -0.3 is 16.4 Å². The average Bonchev–Trinajstić information content (AvgIpc) is 2.86. The van der Waals surface area contributed by atoms with Crippen LogP contribution in [0.15, 0.2) is 29.3 Å². The second kappa shape index (κ2) is 10.3. The van der Waals surface area contributed by atoms with Gasteiger partial charge in [-0.1, -0.05) is 57.9 Å². The summed E-state index contributed by atoms with van der Waals surface area (Å²) in [5, 5.41) is 5.73. The summed E-state index contributed by atoms with van der Waals surface area (Å²) < 4.78 is 0. The van der Waals surface area contributed by atoms with Gasteiger partial charge in [0.05, 0.1) is 6.54 Å². The molecule has 0 fully saturated rings. The average molecular weight is 402 g/mol. The summed E-state index contributed by atoms with van der Waals surface area (Å²) in [5.41, 5.74) is 7.20. The number of hydrogen-bond donors (Lipinski definition) is 3. The second-order valence-corrected chi connectivity index (χ2v) is 8.37. The van der Waals surface area contributed by atoms with E-state index >= 15 is 0 Å². The van der Waals surface area contributed by atoms with Crippen molar-refractivity contribution in [1.82, 2.24) is 15.5 Å². The summed E-state index contributed by atoms with van der Waals surface area (Å²) in [6, 6.07) is 7.64. The van der Waals surface area contributed by atoms with Crippen LogP contribution >= 0.6 is 0 Å². The zero-order chi connectivity index (χ0) is 21.4. The van der Waals surface area contributed by atoms with E-state index in [1.54, 1.807) is 4.90 Å². The number of urea groups is 1. The van der Waals surface area contributed by atoms with Crippen LogP contribution in [0.5, 0.6) is 0 Å². The van der Waals surface area contributed by atoms with Gasteiger partial charge in [-0.2, -0.15) is 0 Å². The van der Waals surface area contributed by atoms with Crippen LogP contribution < -0.4 is 16.4 Å². The maximum absolute atomic E-state index is 12.9. The van der Waals surface area contributed by atoms with E-state index in [1.165, 1.54) is 0 Å². The van der Waals surface area contributed by atoms with Crippen LogP contribution in [0.25, 0.3) is 0 Å². The molecule has 1 aliphatic rings. The molecule has 1 aromatic carbocycles. The SMILES string of the molecule is CCCCCNC(=O)NCc1cccc(CN2C(=O)C(C)(CC(C)C)N=C2N)c1. The van der Waals surface area contributed by atoms with Crippen molar-refractivity contribution in [3.63, 3.8) is 0 Å². The van der Waals surface area contributed by atoms with Gasteiger partial charge in [0.15, 0.2) is 5.96 Å². The minimum absolute atomic E-state index is 0.0568. The number of unbranched alkanes of at least 4 members (excludes halogenated alkanes) is 2. The van der Waals surface area contributed by atoms with Gasteiger partial charge in [0.1, 0.15) is 5.54 Å². The maximum atomic E-state index is 12.9. The zero-order valence-corrected chi connectivity index (χ0v) is 18.1. The number of nitrogens with two attached hydrogens (primary N) is 1. The second-order valence-electron chi connectivity index (χ2n) is 8.37. The molecule has 1 aromatic rings. The highest BCUT2D eigenvalue weighted by Gasteiger charge is 2.43. The van der Waals surface area contributed by atoms with Gasteiger partial charge in [0.2, 0.25) is 0 Å². The first-order valence-electron chi connectivity index (χ1n) is 10.5. The number of carbonyl (C=O) groups excluding carboxylic acids is 2. The molecule has 7 heteroatoms. The standard InChI is InChI=1S/C22H35N5O2/c1-5-6-7-11-24-21(29)25-14-17-9-8-10-18(12-17)15-27-19(28)22(4,13-16(2)3)26-20(27)23/h8-10,12,16H,5-7,11,13-15H2,1-4H3,(H2,23,26)(H2,24,25,29). The Bertz CT molecular complexity index is 746. The Labute approximate surface area is 174 Å². The lowest BCUT2D eigenvalue weighted by Crippen LogP contribution is -2.43. The molecule has 1 atom stereocenters. The molecule has 29 heavy (non-hydrogen) atoms. The molecular weight excluding hydrogens is 366 g/mol. The van der Waals surface area contributed by atoms with Crippen LogP contribution in [0.1, 0.15) is 64.5 Å². The monoisotopic (exact) mass is 401 g/mol. The van der Waals surface area contributed by atoms with E-state index in [0.717, 1.165) is 30.4 Å². The lowest BCUT2D eigenvalue weighted by atomic mass is 9.91. The molecule has 3 amide bonds. The maximum Gasteiger partial charge on any atom is 0.315 e. The Balaban J connectivity index is 1.92. The molecule has 0 spiro atoms. The van der Waals surface area contributed by atoms with Crippen LogP contribution in [0.3, 0.4) is 0 Å². The number of benzene rings is 1. The molecule has 0 aliphatic carbocycles. The highest BCUT2D eigenvalue weighted by atomic mass is 16.2. The summed E-state index contributed by atoms with van der Waals surface area (Å²) in [6.45, 7) is 9.61. The number of aliphatic imine (C=N–C) groups is 1. The number of rotatable bonds is 10. The van der Waals surface area contributed by atoms with E-state index in [1.807, 2.05) is 31.2 Å². The molecular formula is C22H35N5O2. The molecule has 0 saturated heterocycles. The topological polar surface area (TPSA) is 99.8 Å². The fourth-order valence-electron chi connectivity index (χ4n) is 3.68. The predicted octanol–water partition coefficient (Wildman–Crippen LogP) is 3.14. The number of guanidine groups is 1. The predicted molar refractivity (Wildman–Crippen MR) is 116 cm³/mol. The Morgan fingerprint density at radius 2 is 1.97 bits per heavy atom. The van der Waals surface area contributed by atoms with Gasteiger partial charge in [0.25, 0.3) is 5.91 Å². The molecule has 1 aliphatic heterocycles. The summed E-state index contributed by atoms with van der Waals surface area (Å²) in [7, 11) is 0. The van der Waals surface area contributed by atoms with Gasteiger partial charge in [-0.25, -0.2) is 9.79 Å². The van der Waals surface area contributed by atoms with Crippen LogP contribution in [0, 0.1) is 5.92 Å². The van der Waals surface area contributed by atoms with Gasteiger partial charge in [-0.05, 0) is 36.8 Å². The Hall–Kier alpha value is -2.57. The van der Waals surface area contributed by atoms with Gasteiger partial charge in [0, 0.05) is 13.1 Å². The van der Waals surface area contributed by atoms with Crippen molar-refractivity contribution in [3.05, 3.63) is 35.4 Å². The number of carbonyl (C=O) groups is 2. The smallest absolute Gasteiger partial charge is 0.315 e. The van der Waals surface area contributed by atoms with E-state index in [-0.39, 0.29) is 17.9 Å². The molecule has 2 rings (SSSR count). The molecule has 0 radical (unpaired) electrons. The van der Waals surface area contributed by atoms with Crippen molar-refractivity contribution < 1.29 is 9.59 Å². The Morgan fingerprint density at radius 1 is 1.24 bits per heavy atom. The highest BCUT2D eigenvalue weighted by Crippen LogP contribution is 2.29. The van der Waals surface area contributed by atoms with Crippen LogP contribution in [0.2, 0.25) is 0 Å². The zero-order valence-electron chi connectivity index (χ0n) is 18.1. The molecule has 1 unspecified atom stereocenters. The number of amides is 3. The normalized spacial score (nSPS) is 18.9. The van der Waals surface area contributed by atoms with E-state index < -0.39 is 5.54 Å². The molecule has 0 aromatic heterocycles. The lowest BCUT2D eigenvalue weighted by molar-refractivity contribution is -0.131. The molecule has 0 bridgehead atoms. The molecule has 1 heterocycles.